The molecule has 0 saturated heterocycles. The van der Waals surface area contributed by atoms with E-state index in [2.05, 4.69) is 54.6 Å². The average molecular weight is 385 g/mol. The number of halogens is 1. The van der Waals surface area contributed by atoms with Gasteiger partial charge in [-0.3, -0.25) is 0 Å². The predicted molar refractivity (Wildman–Crippen MR) is 117 cm³/mol. The summed E-state index contributed by atoms with van der Waals surface area (Å²) in [5, 5.41) is 5.72. The van der Waals surface area contributed by atoms with Crippen LogP contribution in [0.25, 0.3) is 53.2 Å². The molecule has 4 aromatic carbocycles. The van der Waals surface area contributed by atoms with Crippen LogP contribution in [-0.2, 0) is 0 Å². The number of furan rings is 1. The summed E-state index contributed by atoms with van der Waals surface area (Å²) >= 11 is 7.93. The van der Waals surface area contributed by atoms with E-state index < -0.39 is 0 Å². The monoisotopic (exact) mass is 384 g/mol. The molecule has 1 nitrogen and oxygen atoms in total. The molecule has 27 heavy (non-hydrogen) atoms. The van der Waals surface area contributed by atoms with Gasteiger partial charge in [-0.05, 0) is 41.5 Å². The van der Waals surface area contributed by atoms with E-state index >= 15 is 0 Å². The summed E-state index contributed by atoms with van der Waals surface area (Å²) in [6, 6.07) is 27.2. The highest BCUT2D eigenvalue weighted by atomic mass is 35.5. The maximum Gasteiger partial charge on any atom is 0.136 e. The molecule has 0 unspecified atom stereocenters. The highest BCUT2D eigenvalue weighted by molar-refractivity contribution is 7.27. The first kappa shape index (κ1) is 15.3. The van der Waals surface area contributed by atoms with Gasteiger partial charge in [-0.15, -0.1) is 11.3 Å². The Kier molecular flexibility index (Phi) is 3.16. The van der Waals surface area contributed by atoms with Crippen molar-refractivity contribution in [1.29, 1.82) is 0 Å². The van der Waals surface area contributed by atoms with Crippen LogP contribution in [0.4, 0.5) is 0 Å². The van der Waals surface area contributed by atoms with Crippen molar-refractivity contribution in [3.05, 3.63) is 83.9 Å². The molecule has 0 saturated carbocycles. The van der Waals surface area contributed by atoms with Gasteiger partial charge in [0.15, 0.2) is 0 Å². The van der Waals surface area contributed by atoms with Gasteiger partial charge in [0.2, 0.25) is 0 Å². The predicted octanol–water partition coefficient (Wildman–Crippen LogP) is 8.27. The fourth-order valence-electron chi connectivity index (χ4n) is 3.92. The van der Waals surface area contributed by atoms with Crippen LogP contribution in [0.3, 0.4) is 0 Å². The maximum absolute atomic E-state index is 6.08. The van der Waals surface area contributed by atoms with Crippen LogP contribution in [0, 0.1) is 0 Å². The lowest BCUT2D eigenvalue weighted by Gasteiger charge is -2.03. The molecular weight excluding hydrogens is 372 g/mol. The SMILES string of the molecule is Clc1ccc(-c2cccc3c2sc2c3ccc3oc4ccccc4c32)cc1. The minimum Gasteiger partial charge on any atom is -0.456 e. The lowest BCUT2D eigenvalue weighted by molar-refractivity contribution is 0.669. The van der Waals surface area contributed by atoms with Gasteiger partial charge >= 0.3 is 0 Å². The summed E-state index contributed by atoms with van der Waals surface area (Å²) in [4.78, 5) is 0. The van der Waals surface area contributed by atoms with Crippen molar-refractivity contribution in [2.24, 2.45) is 0 Å². The summed E-state index contributed by atoms with van der Waals surface area (Å²) in [5.74, 6) is 0. The third-order valence-electron chi connectivity index (χ3n) is 5.16. The molecule has 2 aromatic heterocycles. The molecule has 0 aliphatic heterocycles. The van der Waals surface area contributed by atoms with E-state index in [1.807, 2.05) is 35.6 Å². The lowest BCUT2D eigenvalue weighted by atomic mass is 10.0. The Bertz CT molecular complexity index is 1470. The van der Waals surface area contributed by atoms with Gasteiger partial charge in [-0.2, -0.15) is 0 Å². The third kappa shape index (κ3) is 2.18. The van der Waals surface area contributed by atoms with Crippen LogP contribution in [0.2, 0.25) is 5.02 Å². The lowest BCUT2D eigenvalue weighted by Crippen LogP contribution is -1.77. The van der Waals surface area contributed by atoms with Crippen LogP contribution in [-0.4, -0.2) is 0 Å². The number of thiophene rings is 1. The number of rotatable bonds is 1. The molecule has 0 atom stereocenters. The summed E-state index contributed by atoms with van der Waals surface area (Å²) in [6.45, 7) is 0. The van der Waals surface area contributed by atoms with Crippen LogP contribution in [0.5, 0.6) is 0 Å². The van der Waals surface area contributed by atoms with Crippen molar-refractivity contribution in [2.75, 3.05) is 0 Å². The molecule has 128 valence electrons. The summed E-state index contributed by atoms with van der Waals surface area (Å²) in [5.41, 5.74) is 4.31. The van der Waals surface area contributed by atoms with E-state index in [9.17, 15) is 0 Å². The molecule has 0 aliphatic carbocycles. The molecule has 0 radical (unpaired) electrons. The third-order valence-corrected chi connectivity index (χ3v) is 6.68. The Labute approximate surface area is 164 Å². The van der Waals surface area contributed by atoms with Gasteiger partial charge < -0.3 is 4.42 Å². The van der Waals surface area contributed by atoms with E-state index in [1.54, 1.807) is 0 Å². The second-order valence-electron chi connectivity index (χ2n) is 6.70. The quantitative estimate of drug-likeness (QED) is 0.278. The Balaban J connectivity index is 1.77. The minimum absolute atomic E-state index is 0.758. The Morgan fingerprint density at radius 1 is 0.630 bits per heavy atom. The molecule has 6 rings (SSSR count). The Hall–Kier alpha value is -2.81. The van der Waals surface area contributed by atoms with Gasteiger partial charge in [0, 0.05) is 36.0 Å². The second kappa shape index (κ2) is 5.59. The number of hydrogen-bond donors (Lipinski definition) is 0. The van der Waals surface area contributed by atoms with Gasteiger partial charge in [0.25, 0.3) is 0 Å². The van der Waals surface area contributed by atoms with Gasteiger partial charge in [-0.1, -0.05) is 60.1 Å². The fraction of sp³-hybridized carbons (Fsp3) is 0. The van der Waals surface area contributed by atoms with Crippen molar-refractivity contribution in [1.82, 2.24) is 0 Å². The molecule has 0 bridgehead atoms. The highest BCUT2D eigenvalue weighted by Gasteiger charge is 2.16. The number of para-hydroxylation sites is 1. The first-order chi connectivity index (χ1) is 13.3. The van der Waals surface area contributed by atoms with Crippen LogP contribution >= 0.6 is 22.9 Å². The largest absolute Gasteiger partial charge is 0.456 e. The van der Waals surface area contributed by atoms with Gasteiger partial charge in [0.05, 0.1) is 0 Å². The maximum atomic E-state index is 6.08. The summed E-state index contributed by atoms with van der Waals surface area (Å²) < 4.78 is 8.66. The number of hydrogen-bond acceptors (Lipinski definition) is 2. The van der Waals surface area contributed by atoms with E-state index in [1.165, 1.54) is 42.1 Å². The summed E-state index contributed by atoms with van der Waals surface area (Å²) in [7, 11) is 0. The van der Waals surface area contributed by atoms with Gasteiger partial charge in [0.1, 0.15) is 11.2 Å². The molecule has 2 heterocycles. The van der Waals surface area contributed by atoms with Crippen molar-refractivity contribution in [3.63, 3.8) is 0 Å². The zero-order valence-corrected chi connectivity index (χ0v) is 15.8. The van der Waals surface area contributed by atoms with E-state index in [-0.39, 0.29) is 0 Å². The van der Waals surface area contributed by atoms with Crippen molar-refractivity contribution < 1.29 is 4.42 Å². The molecular formula is C24H13ClOS. The van der Waals surface area contributed by atoms with Crippen molar-refractivity contribution in [2.45, 2.75) is 0 Å². The average Bonchev–Trinajstić information content (AvgIpc) is 3.26. The first-order valence-electron chi connectivity index (χ1n) is 8.81. The number of benzene rings is 4. The second-order valence-corrected chi connectivity index (χ2v) is 8.16. The molecule has 0 amide bonds. The van der Waals surface area contributed by atoms with Crippen molar-refractivity contribution >= 4 is 65.0 Å². The normalized spacial score (nSPS) is 11.9. The van der Waals surface area contributed by atoms with Crippen LogP contribution in [0.15, 0.2) is 83.3 Å². The van der Waals surface area contributed by atoms with Crippen molar-refractivity contribution in [3.8, 4) is 11.1 Å². The fourth-order valence-corrected chi connectivity index (χ4v) is 5.44. The van der Waals surface area contributed by atoms with Crippen LogP contribution < -0.4 is 0 Å². The first-order valence-corrected chi connectivity index (χ1v) is 10.0. The van der Waals surface area contributed by atoms with E-state index in [4.69, 9.17) is 16.0 Å². The molecule has 0 fully saturated rings. The summed E-state index contributed by atoms with van der Waals surface area (Å²) in [6.07, 6.45) is 0. The smallest absolute Gasteiger partial charge is 0.136 e. The van der Waals surface area contributed by atoms with Gasteiger partial charge in [-0.25, -0.2) is 0 Å². The molecule has 0 N–H and O–H groups in total. The zero-order valence-electron chi connectivity index (χ0n) is 14.2. The molecule has 0 spiro atoms. The zero-order chi connectivity index (χ0) is 18.0. The van der Waals surface area contributed by atoms with E-state index in [0.717, 1.165) is 16.2 Å². The minimum atomic E-state index is 0.758. The number of fused-ring (bicyclic) bond motifs is 7. The molecule has 3 heteroatoms. The Morgan fingerprint density at radius 3 is 2.30 bits per heavy atom. The van der Waals surface area contributed by atoms with Crippen LogP contribution in [0.1, 0.15) is 0 Å². The standard InChI is InChI=1S/C24H13ClOS/c25-15-10-8-14(9-11-15)16-5-3-6-17-18-12-13-21-22(24(18)27-23(16)17)19-4-1-2-7-20(19)26-21/h1-13H. The molecule has 0 aliphatic rings. The topological polar surface area (TPSA) is 13.1 Å². The van der Waals surface area contributed by atoms with E-state index in [0.29, 0.717) is 0 Å². The highest BCUT2D eigenvalue weighted by Crippen LogP contribution is 2.45. The Morgan fingerprint density at radius 2 is 1.41 bits per heavy atom. The molecule has 6 aromatic rings.